The molecule has 0 aliphatic heterocycles. The highest BCUT2D eigenvalue weighted by atomic mass is 32.2. The molecule has 0 aliphatic rings. The number of aromatic nitrogens is 4. The van der Waals surface area contributed by atoms with Gasteiger partial charge in [-0.1, -0.05) is 6.07 Å². The molecule has 0 fully saturated rings. The third kappa shape index (κ3) is 3.24. The van der Waals surface area contributed by atoms with Gasteiger partial charge in [0.25, 0.3) is 0 Å². The van der Waals surface area contributed by atoms with Crippen molar-refractivity contribution < 1.29 is 4.74 Å². The molecular formula is C17H15N5OS. The number of ether oxygens (including phenoxy) is 1. The maximum atomic E-state index is 8.96. The van der Waals surface area contributed by atoms with Crippen LogP contribution in [0, 0.1) is 11.3 Å². The number of benzene rings is 1. The molecule has 0 aliphatic carbocycles. The third-order valence-corrected chi connectivity index (χ3v) is 4.34. The predicted molar refractivity (Wildman–Crippen MR) is 90.8 cm³/mol. The number of methoxy groups -OCH3 is 1. The van der Waals surface area contributed by atoms with Crippen LogP contribution in [0.15, 0.2) is 52.6 Å². The largest absolute Gasteiger partial charge is 0.497 e. The van der Waals surface area contributed by atoms with Crippen LogP contribution >= 0.6 is 11.8 Å². The lowest BCUT2D eigenvalue weighted by atomic mass is 10.2. The fourth-order valence-corrected chi connectivity index (χ4v) is 3.12. The molecule has 1 aromatic carbocycles. The quantitative estimate of drug-likeness (QED) is 0.710. The molecule has 0 saturated carbocycles. The molecule has 3 rings (SSSR count). The normalized spacial score (nSPS) is 10.4. The van der Waals surface area contributed by atoms with Gasteiger partial charge in [-0.05, 0) is 55.1 Å². The minimum Gasteiger partial charge on any atom is -0.497 e. The summed E-state index contributed by atoms with van der Waals surface area (Å²) in [7, 11) is 1.64. The van der Waals surface area contributed by atoms with Gasteiger partial charge in [0.15, 0.2) is 11.0 Å². The Morgan fingerprint density at radius 1 is 1.17 bits per heavy atom. The summed E-state index contributed by atoms with van der Waals surface area (Å²) in [6.07, 6.45) is 0. The van der Waals surface area contributed by atoms with E-state index in [9.17, 15) is 0 Å². The van der Waals surface area contributed by atoms with E-state index in [1.54, 1.807) is 13.2 Å². The van der Waals surface area contributed by atoms with Crippen molar-refractivity contribution in [2.45, 2.75) is 23.7 Å². The van der Waals surface area contributed by atoms with Gasteiger partial charge in [0.05, 0.1) is 7.11 Å². The Morgan fingerprint density at radius 2 is 1.96 bits per heavy atom. The lowest BCUT2D eigenvalue weighted by Crippen LogP contribution is -2.00. The van der Waals surface area contributed by atoms with Crippen molar-refractivity contribution in [3.8, 4) is 23.2 Å². The Hall–Kier alpha value is -2.85. The van der Waals surface area contributed by atoms with Crippen LogP contribution < -0.4 is 4.74 Å². The number of nitriles is 1. The first-order valence-corrected chi connectivity index (χ1v) is 8.19. The van der Waals surface area contributed by atoms with Crippen LogP contribution in [0.2, 0.25) is 0 Å². The minimum absolute atomic E-state index is 0.387. The molecule has 3 aromatic rings. The Bertz CT molecular complexity index is 883. The van der Waals surface area contributed by atoms with Gasteiger partial charge in [0.1, 0.15) is 22.5 Å². The second-order valence-corrected chi connectivity index (χ2v) is 5.84. The average molecular weight is 337 g/mol. The Labute approximate surface area is 144 Å². The predicted octanol–water partition coefficient (Wildman–Crippen LogP) is 3.39. The lowest BCUT2D eigenvalue weighted by molar-refractivity contribution is 0.415. The van der Waals surface area contributed by atoms with Gasteiger partial charge in [-0.25, -0.2) is 4.98 Å². The highest BCUT2D eigenvalue weighted by Crippen LogP contribution is 2.29. The van der Waals surface area contributed by atoms with Gasteiger partial charge < -0.3 is 9.30 Å². The fourth-order valence-electron chi connectivity index (χ4n) is 2.23. The molecule has 2 aromatic heterocycles. The Kier molecular flexibility index (Phi) is 4.77. The zero-order valence-corrected chi connectivity index (χ0v) is 14.1. The van der Waals surface area contributed by atoms with Crippen molar-refractivity contribution in [1.82, 2.24) is 19.7 Å². The zero-order chi connectivity index (χ0) is 16.9. The molecule has 0 saturated heterocycles. The number of pyridine rings is 1. The van der Waals surface area contributed by atoms with Crippen molar-refractivity contribution in [2.75, 3.05) is 7.11 Å². The molecule has 2 heterocycles. The summed E-state index contributed by atoms with van der Waals surface area (Å²) in [4.78, 5) is 4.27. The van der Waals surface area contributed by atoms with E-state index in [1.165, 1.54) is 11.8 Å². The summed E-state index contributed by atoms with van der Waals surface area (Å²) in [6, 6.07) is 15.1. The number of rotatable bonds is 5. The summed E-state index contributed by atoms with van der Waals surface area (Å²) in [5.41, 5.74) is 1.36. The fraction of sp³-hybridized carbons (Fsp3) is 0.176. The van der Waals surface area contributed by atoms with E-state index in [-0.39, 0.29) is 0 Å². The highest BCUT2D eigenvalue weighted by Gasteiger charge is 2.14. The van der Waals surface area contributed by atoms with Gasteiger partial charge in [0, 0.05) is 12.1 Å². The van der Waals surface area contributed by atoms with Gasteiger partial charge in [-0.2, -0.15) is 5.26 Å². The molecule has 0 bridgehead atoms. The molecule has 0 radical (unpaired) electrons. The van der Waals surface area contributed by atoms with E-state index >= 15 is 0 Å². The van der Waals surface area contributed by atoms with E-state index in [1.807, 2.05) is 54.0 Å². The zero-order valence-electron chi connectivity index (χ0n) is 13.3. The summed E-state index contributed by atoms with van der Waals surface area (Å²) in [5.74, 6) is 1.59. The first kappa shape index (κ1) is 16.0. The van der Waals surface area contributed by atoms with Crippen LogP contribution in [0.25, 0.3) is 11.4 Å². The van der Waals surface area contributed by atoms with Crippen molar-refractivity contribution in [3.63, 3.8) is 0 Å². The Morgan fingerprint density at radius 3 is 2.62 bits per heavy atom. The molecule has 6 nitrogen and oxygen atoms in total. The first-order valence-electron chi connectivity index (χ1n) is 7.37. The first-order chi connectivity index (χ1) is 11.7. The monoisotopic (exact) mass is 337 g/mol. The van der Waals surface area contributed by atoms with E-state index < -0.39 is 0 Å². The molecule has 0 spiro atoms. The molecule has 24 heavy (non-hydrogen) atoms. The van der Waals surface area contributed by atoms with Crippen LogP contribution in [-0.2, 0) is 6.54 Å². The third-order valence-electron chi connectivity index (χ3n) is 3.42. The summed E-state index contributed by atoms with van der Waals surface area (Å²) in [5, 5.41) is 19.0. The number of hydrogen-bond acceptors (Lipinski definition) is 6. The van der Waals surface area contributed by atoms with E-state index in [4.69, 9.17) is 10.00 Å². The Balaban J connectivity index is 1.92. The molecular weight excluding hydrogens is 322 g/mol. The van der Waals surface area contributed by atoms with Gasteiger partial charge in [-0.15, -0.1) is 10.2 Å². The van der Waals surface area contributed by atoms with Gasteiger partial charge in [0.2, 0.25) is 0 Å². The van der Waals surface area contributed by atoms with Crippen LogP contribution in [0.5, 0.6) is 5.75 Å². The van der Waals surface area contributed by atoms with E-state index in [2.05, 4.69) is 15.2 Å². The molecule has 0 N–H and O–H groups in total. The second kappa shape index (κ2) is 7.15. The maximum absolute atomic E-state index is 8.96. The maximum Gasteiger partial charge on any atom is 0.197 e. The summed E-state index contributed by atoms with van der Waals surface area (Å²) < 4.78 is 7.21. The van der Waals surface area contributed by atoms with Crippen LogP contribution in [0.4, 0.5) is 0 Å². The van der Waals surface area contributed by atoms with Crippen LogP contribution in [-0.4, -0.2) is 26.9 Å². The highest BCUT2D eigenvalue weighted by molar-refractivity contribution is 7.99. The SMILES string of the molecule is CCn1c(Sc2cccc(C#N)n2)nnc1-c1ccc(OC)cc1. The number of hydrogen-bond donors (Lipinski definition) is 0. The van der Waals surface area contributed by atoms with Crippen molar-refractivity contribution in [1.29, 1.82) is 5.26 Å². The lowest BCUT2D eigenvalue weighted by Gasteiger charge is -2.07. The standard InChI is InChI=1S/C17H15N5OS/c1-3-22-16(12-7-9-14(23-2)10-8-12)20-21-17(22)24-15-6-4-5-13(11-18)19-15/h4-10H,3H2,1-2H3. The molecule has 0 amide bonds. The second-order valence-electron chi connectivity index (χ2n) is 4.85. The van der Waals surface area contributed by atoms with Crippen LogP contribution in [0.1, 0.15) is 12.6 Å². The summed E-state index contributed by atoms with van der Waals surface area (Å²) in [6.45, 7) is 2.77. The number of nitrogens with zero attached hydrogens (tertiary/aromatic N) is 5. The molecule has 0 atom stereocenters. The average Bonchev–Trinajstić information content (AvgIpc) is 3.04. The van der Waals surface area contributed by atoms with E-state index in [0.717, 1.165) is 33.9 Å². The topological polar surface area (TPSA) is 76.6 Å². The minimum atomic E-state index is 0.387. The smallest absolute Gasteiger partial charge is 0.197 e. The molecule has 7 heteroatoms. The van der Waals surface area contributed by atoms with E-state index in [0.29, 0.717) is 5.69 Å². The van der Waals surface area contributed by atoms with Crippen molar-refractivity contribution in [2.24, 2.45) is 0 Å². The van der Waals surface area contributed by atoms with Gasteiger partial charge >= 0.3 is 0 Å². The van der Waals surface area contributed by atoms with Crippen molar-refractivity contribution >= 4 is 11.8 Å². The molecule has 120 valence electrons. The summed E-state index contributed by atoms with van der Waals surface area (Å²) >= 11 is 1.39. The van der Waals surface area contributed by atoms with Crippen molar-refractivity contribution in [3.05, 3.63) is 48.2 Å². The van der Waals surface area contributed by atoms with Gasteiger partial charge in [-0.3, -0.25) is 0 Å². The van der Waals surface area contributed by atoms with Crippen LogP contribution in [0.3, 0.4) is 0 Å². The molecule has 0 unspecified atom stereocenters.